The molecule has 0 bridgehead atoms. The Bertz CT molecular complexity index is 945. The number of likely N-dealkylation sites (tertiary alicyclic amines) is 5. The van der Waals surface area contributed by atoms with Crippen molar-refractivity contribution >= 4 is 11.8 Å². The third-order valence-electron chi connectivity index (χ3n) is 14.1. The highest BCUT2D eigenvalue weighted by Gasteiger charge is 2.28. The highest BCUT2D eigenvalue weighted by Crippen LogP contribution is 2.25. The van der Waals surface area contributed by atoms with Crippen LogP contribution in [0.1, 0.15) is 257 Å². The Hall–Kier alpha value is 0.110. The quantitative estimate of drug-likeness (QED) is 0.271. The van der Waals surface area contributed by atoms with Gasteiger partial charge in [-0.05, 0) is 239 Å². The van der Waals surface area contributed by atoms with Gasteiger partial charge in [0, 0.05) is 65.4 Å². The average Bonchev–Trinajstić information content (AvgIpc) is 3.42. The summed E-state index contributed by atoms with van der Waals surface area (Å²) >= 11 is 2.07. The van der Waals surface area contributed by atoms with Gasteiger partial charge in [0.1, 0.15) is 0 Å². The maximum absolute atomic E-state index is 2.59. The molecule has 6 aliphatic heterocycles. The van der Waals surface area contributed by atoms with Crippen LogP contribution in [0.15, 0.2) is 0 Å². The summed E-state index contributed by atoms with van der Waals surface area (Å²) in [5, 5.41) is 0. The predicted octanol–water partition coefficient (Wildman–Crippen LogP) is 16.6. The molecule has 1 atom stereocenters. The van der Waals surface area contributed by atoms with Crippen molar-refractivity contribution in [3.8, 4) is 0 Å². The fourth-order valence-corrected chi connectivity index (χ4v) is 10.1. The fourth-order valence-electron chi connectivity index (χ4n) is 9.25. The van der Waals surface area contributed by atoms with Gasteiger partial charge in [0.25, 0.3) is 0 Å². The van der Waals surface area contributed by atoms with Gasteiger partial charge in [0.2, 0.25) is 0 Å². The van der Waals surface area contributed by atoms with Crippen LogP contribution < -0.4 is 0 Å². The van der Waals surface area contributed by atoms with E-state index in [9.17, 15) is 0 Å². The van der Waals surface area contributed by atoms with E-state index in [4.69, 9.17) is 0 Å². The Labute approximate surface area is 432 Å². The molecule has 6 rings (SSSR count). The molecule has 0 aromatic carbocycles. The lowest BCUT2D eigenvalue weighted by Gasteiger charge is -2.40. The second-order valence-electron chi connectivity index (χ2n) is 24.4. The number of hydrogen-bond acceptors (Lipinski definition) is 7. The molecule has 0 radical (unpaired) electrons. The molecule has 6 saturated heterocycles. The third kappa shape index (κ3) is 37.5. The summed E-state index contributed by atoms with van der Waals surface area (Å²) < 4.78 is 0. The molecule has 6 heterocycles. The molecule has 0 saturated carbocycles. The normalized spacial score (nSPS) is 22.3. The molecule has 6 nitrogen and oxygen atoms in total. The van der Waals surface area contributed by atoms with Crippen molar-refractivity contribution in [3.63, 3.8) is 0 Å². The van der Waals surface area contributed by atoms with Crippen LogP contribution in [0.2, 0.25) is 0 Å². The third-order valence-corrected chi connectivity index (χ3v) is 15.1. The summed E-state index contributed by atoms with van der Waals surface area (Å²) in [7, 11) is 0. The Morgan fingerprint density at radius 3 is 0.836 bits per heavy atom. The lowest BCUT2D eigenvalue weighted by molar-refractivity contribution is 0.0916. The van der Waals surface area contributed by atoms with E-state index in [-0.39, 0.29) is 14.9 Å². The van der Waals surface area contributed by atoms with Crippen LogP contribution in [0.25, 0.3) is 0 Å². The molecular weight excluding hydrogens is 837 g/mol. The van der Waals surface area contributed by atoms with Crippen LogP contribution in [0.4, 0.5) is 0 Å². The van der Waals surface area contributed by atoms with Crippen molar-refractivity contribution in [3.05, 3.63) is 0 Å². The molecule has 0 aliphatic carbocycles. The van der Waals surface area contributed by atoms with E-state index in [0.29, 0.717) is 22.2 Å². The molecule has 7 heteroatoms. The van der Waals surface area contributed by atoms with Crippen LogP contribution in [-0.2, 0) is 0 Å². The Kier molecular flexibility index (Phi) is 44.6. The molecule has 410 valence electrons. The highest BCUT2D eigenvalue weighted by molar-refractivity contribution is 7.99. The van der Waals surface area contributed by atoms with Gasteiger partial charge in [0.05, 0.1) is 0 Å². The number of thioether (sulfide) groups is 1. The smallest absolute Gasteiger partial charge is 0.0125 e. The zero-order chi connectivity index (χ0) is 50.3. The van der Waals surface area contributed by atoms with E-state index in [2.05, 4.69) is 166 Å². The summed E-state index contributed by atoms with van der Waals surface area (Å²) in [6, 6.07) is 1.52. The Balaban J connectivity index is -0.000000348. The zero-order valence-corrected chi connectivity index (χ0v) is 50.0. The van der Waals surface area contributed by atoms with E-state index in [1.54, 1.807) is 0 Å². The summed E-state index contributed by atoms with van der Waals surface area (Å²) in [5.41, 5.74) is 1.58. The molecule has 0 N–H and O–H groups in total. The average molecular weight is 972 g/mol. The predicted molar refractivity (Wildman–Crippen MR) is 315 cm³/mol. The van der Waals surface area contributed by atoms with Crippen molar-refractivity contribution in [2.24, 2.45) is 11.8 Å². The molecular formula is C60H134N6S. The number of hydrogen-bond donors (Lipinski definition) is 0. The summed E-state index contributed by atoms with van der Waals surface area (Å²) in [6.45, 7) is 65.2. The van der Waals surface area contributed by atoms with Crippen LogP contribution in [0, 0.1) is 11.8 Å². The minimum absolute atomic E-state index is 0. The standard InChI is InChI=1S/C10H21N.4C9H19N.C8H17NS.2C2H6.2CH4/c1-9-5-7-11(8-6-9)10(2,3)4;1-8-5-6-10(7-8)9(2,3)4;1-9(2,3)10-7-5-4-6-8-10;2*1-9(2)10-7-5-3-4-6-8-10;1-8(2,3)9-4-6-10-7-5-9;2*1-2;;/h9H,5-8H2,1-4H3;8H,5-7H2,1-4H3;4-8H2,1-3H3;2*9H,3-8H2,1-2H3;4-7H2,1-3H3;2*1-2H3;2*1H4. The maximum atomic E-state index is 2.59. The topological polar surface area (TPSA) is 19.4 Å². The monoisotopic (exact) mass is 971 g/mol. The first-order valence-corrected chi connectivity index (χ1v) is 29.5. The summed E-state index contributed by atoms with van der Waals surface area (Å²) in [6.07, 6.45) is 19.8. The van der Waals surface area contributed by atoms with Gasteiger partial charge in [-0.2, -0.15) is 11.8 Å². The van der Waals surface area contributed by atoms with Gasteiger partial charge in [0.15, 0.2) is 0 Å². The van der Waals surface area contributed by atoms with Crippen molar-refractivity contribution < 1.29 is 0 Å². The molecule has 6 aliphatic rings. The minimum atomic E-state index is 0. The SMILES string of the molecule is C.C.CC.CC.CC(C)(C)N1CCCCC1.CC(C)(C)N1CCSCC1.CC(C)N1CCCCCC1.CC(C)N1CCCCCC1.CC1CCN(C(C)(C)C)C1.CC1CCN(C(C)(C)C)CC1. The molecule has 0 aromatic rings. The molecule has 67 heavy (non-hydrogen) atoms. The van der Waals surface area contributed by atoms with Gasteiger partial charge >= 0.3 is 0 Å². The number of rotatable bonds is 2. The lowest BCUT2D eigenvalue weighted by Crippen LogP contribution is -2.45. The second-order valence-corrected chi connectivity index (χ2v) is 25.7. The second kappa shape index (κ2) is 40.6. The molecule has 0 amide bonds. The van der Waals surface area contributed by atoms with Gasteiger partial charge in [-0.3, -0.25) is 19.6 Å². The van der Waals surface area contributed by atoms with E-state index >= 15 is 0 Å². The highest BCUT2D eigenvalue weighted by atomic mass is 32.2. The Morgan fingerprint density at radius 2 is 0.597 bits per heavy atom. The fraction of sp³-hybridized carbons (Fsp3) is 1.00. The van der Waals surface area contributed by atoms with Gasteiger partial charge in [-0.15, -0.1) is 0 Å². The number of nitrogens with zero attached hydrogens (tertiary/aromatic N) is 6. The number of piperidine rings is 2. The van der Waals surface area contributed by atoms with E-state index < -0.39 is 0 Å². The molecule has 1 unspecified atom stereocenters. The van der Waals surface area contributed by atoms with Gasteiger partial charge in [-0.25, -0.2) is 0 Å². The van der Waals surface area contributed by atoms with Crippen molar-refractivity contribution in [1.82, 2.24) is 29.4 Å². The molecule has 0 aromatic heterocycles. The zero-order valence-electron chi connectivity index (χ0n) is 49.2. The van der Waals surface area contributed by atoms with Crippen LogP contribution >= 0.6 is 11.8 Å². The molecule has 0 spiro atoms. The summed E-state index contributed by atoms with van der Waals surface area (Å²) in [4.78, 5) is 15.5. The van der Waals surface area contributed by atoms with E-state index in [1.165, 1.54) is 180 Å². The molecule has 6 fully saturated rings. The summed E-state index contributed by atoms with van der Waals surface area (Å²) in [5.74, 6) is 4.50. The van der Waals surface area contributed by atoms with Gasteiger partial charge < -0.3 is 9.80 Å². The van der Waals surface area contributed by atoms with Crippen LogP contribution in [-0.4, -0.2) is 154 Å². The van der Waals surface area contributed by atoms with Crippen molar-refractivity contribution in [1.29, 1.82) is 0 Å². The first-order valence-electron chi connectivity index (χ1n) is 28.4. The largest absolute Gasteiger partial charge is 0.301 e. The Morgan fingerprint density at radius 1 is 0.343 bits per heavy atom. The first-order chi connectivity index (χ1) is 30.3. The van der Waals surface area contributed by atoms with Crippen molar-refractivity contribution in [2.45, 2.75) is 291 Å². The van der Waals surface area contributed by atoms with E-state index in [1.807, 2.05) is 27.7 Å². The lowest BCUT2D eigenvalue weighted by atomic mass is 9.95. The van der Waals surface area contributed by atoms with Crippen molar-refractivity contribution in [2.75, 3.05) is 90.0 Å². The van der Waals surface area contributed by atoms with Gasteiger partial charge in [-0.1, -0.05) is 88.5 Å². The first kappa shape index (κ1) is 73.6. The van der Waals surface area contributed by atoms with Crippen LogP contribution in [0.3, 0.4) is 0 Å². The maximum Gasteiger partial charge on any atom is 0.0125 e. The van der Waals surface area contributed by atoms with Crippen LogP contribution in [0.5, 0.6) is 0 Å². The minimum Gasteiger partial charge on any atom is -0.301 e. The van der Waals surface area contributed by atoms with E-state index in [0.717, 1.165) is 23.9 Å².